The van der Waals surface area contributed by atoms with E-state index >= 15 is 0 Å². The van der Waals surface area contributed by atoms with Gasteiger partial charge in [0.2, 0.25) is 0 Å². The van der Waals surface area contributed by atoms with Gasteiger partial charge >= 0.3 is 0 Å². The predicted octanol–water partition coefficient (Wildman–Crippen LogP) is 3.76. The Morgan fingerprint density at radius 3 is 2.54 bits per heavy atom. The molecule has 0 radical (unpaired) electrons. The number of nitriles is 1. The molecule has 136 valence electrons. The summed E-state index contributed by atoms with van der Waals surface area (Å²) in [5.41, 5.74) is 1.62. The van der Waals surface area contributed by atoms with E-state index in [1.807, 2.05) is 19.1 Å². The summed E-state index contributed by atoms with van der Waals surface area (Å²) in [6, 6.07) is 9.96. The summed E-state index contributed by atoms with van der Waals surface area (Å²) in [6.07, 6.45) is 5.89. The average molecular weight is 373 g/mol. The van der Waals surface area contributed by atoms with Gasteiger partial charge in [-0.1, -0.05) is 30.9 Å². The molecule has 26 heavy (non-hydrogen) atoms. The first-order chi connectivity index (χ1) is 12.5. The Hall–Kier alpha value is -2.65. The van der Waals surface area contributed by atoms with Gasteiger partial charge in [0.25, 0.3) is 5.91 Å². The number of phenols is 1. The van der Waals surface area contributed by atoms with Crippen LogP contribution in [-0.4, -0.2) is 27.3 Å². The fourth-order valence-electron chi connectivity index (χ4n) is 2.62. The van der Waals surface area contributed by atoms with Crippen molar-refractivity contribution in [2.24, 2.45) is 0 Å². The first-order valence-corrected chi connectivity index (χ1v) is 8.87. The molecule has 2 aromatic rings. The highest BCUT2D eigenvalue weighted by atomic mass is 35.5. The molecule has 0 saturated heterocycles. The molecule has 1 fully saturated rings. The van der Waals surface area contributed by atoms with Crippen LogP contribution in [0, 0.1) is 18.3 Å². The average Bonchev–Trinajstić information content (AvgIpc) is 2.64. The smallest absolute Gasteiger partial charge is 0.272 e. The third-order valence-electron chi connectivity index (χ3n) is 4.04. The quantitative estimate of drug-likeness (QED) is 0.836. The van der Waals surface area contributed by atoms with Crippen LogP contribution < -0.4 is 5.32 Å². The molecule has 6 nitrogen and oxygen atoms in total. The third-order valence-corrected chi connectivity index (χ3v) is 4.36. The normalized spacial score (nSPS) is 13.9. The number of rotatable bonds is 2. The van der Waals surface area contributed by atoms with E-state index in [1.54, 1.807) is 6.07 Å². The van der Waals surface area contributed by atoms with Crippen LogP contribution in [-0.2, 0) is 0 Å². The monoisotopic (exact) mass is 372 g/mol. The van der Waals surface area contributed by atoms with E-state index in [0.29, 0.717) is 17.3 Å². The van der Waals surface area contributed by atoms with Crippen LogP contribution in [0.1, 0.15) is 53.8 Å². The van der Waals surface area contributed by atoms with Gasteiger partial charge < -0.3 is 10.4 Å². The molecule has 0 atom stereocenters. The van der Waals surface area contributed by atoms with Crippen molar-refractivity contribution in [2.75, 3.05) is 0 Å². The van der Waals surface area contributed by atoms with Crippen LogP contribution in [0.5, 0.6) is 5.75 Å². The second-order valence-electron chi connectivity index (χ2n) is 6.14. The predicted molar refractivity (Wildman–Crippen MR) is 98.9 cm³/mol. The lowest BCUT2D eigenvalue weighted by Crippen LogP contribution is -2.36. The lowest BCUT2D eigenvalue weighted by Gasteiger charge is -2.22. The lowest BCUT2D eigenvalue weighted by atomic mass is 9.95. The first-order valence-electron chi connectivity index (χ1n) is 8.49. The van der Waals surface area contributed by atoms with Crippen molar-refractivity contribution in [1.29, 1.82) is 5.26 Å². The number of aryl methyl sites for hydroxylation is 1. The molecule has 1 amide bonds. The topological polar surface area (TPSA) is 98.9 Å². The van der Waals surface area contributed by atoms with E-state index < -0.39 is 0 Å². The number of carbonyl (C=O) groups excluding carboxylic acids is 1. The number of aromatic nitrogens is 2. The second kappa shape index (κ2) is 9.73. The molecule has 0 aliphatic heterocycles. The van der Waals surface area contributed by atoms with Gasteiger partial charge in [-0.25, -0.2) is 0 Å². The summed E-state index contributed by atoms with van der Waals surface area (Å²) < 4.78 is 0. The molecule has 0 bridgehead atoms. The summed E-state index contributed by atoms with van der Waals surface area (Å²) in [6.45, 7) is 1.86. The molecule has 2 N–H and O–H groups in total. The van der Waals surface area contributed by atoms with Crippen LogP contribution in [0.3, 0.4) is 0 Å². The summed E-state index contributed by atoms with van der Waals surface area (Å²) in [7, 11) is 0. The zero-order chi connectivity index (χ0) is 18.9. The number of benzene rings is 1. The van der Waals surface area contributed by atoms with Crippen LogP contribution in [0.4, 0.5) is 0 Å². The number of nitrogens with zero attached hydrogens (tertiary/aromatic N) is 3. The molecule has 1 aromatic heterocycles. The largest absolute Gasteiger partial charge is 0.508 e. The Labute approximate surface area is 157 Å². The summed E-state index contributed by atoms with van der Waals surface area (Å²) in [4.78, 5) is 11.8. The van der Waals surface area contributed by atoms with E-state index in [-0.39, 0.29) is 16.7 Å². The summed E-state index contributed by atoms with van der Waals surface area (Å²) >= 11 is 5.55. The molecule has 1 saturated carbocycles. The maximum absolute atomic E-state index is 11.8. The number of carbonyl (C=O) groups is 1. The molecule has 7 heteroatoms. The van der Waals surface area contributed by atoms with Crippen LogP contribution in [0.15, 0.2) is 30.3 Å². The molecule has 1 aliphatic rings. The van der Waals surface area contributed by atoms with Gasteiger partial charge in [0.15, 0.2) is 5.69 Å². The fraction of sp³-hybridized carbons (Fsp3) is 0.368. The zero-order valence-corrected chi connectivity index (χ0v) is 15.3. The maximum atomic E-state index is 11.8. The number of halogens is 1. The first kappa shape index (κ1) is 19.7. The minimum atomic E-state index is -0.0978. The molecule has 3 rings (SSSR count). The van der Waals surface area contributed by atoms with Crippen LogP contribution in [0.2, 0.25) is 5.02 Å². The molecule has 1 aliphatic carbocycles. The van der Waals surface area contributed by atoms with E-state index in [1.165, 1.54) is 37.5 Å². The van der Waals surface area contributed by atoms with E-state index in [4.69, 9.17) is 22.0 Å². The molecule has 1 heterocycles. The Morgan fingerprint density at radius 1 is 1.23 bits per heavy atom. The van der Waals surface area contributed by atoms with Gasteiger partial charge in [-0.3, -0.25) is 4.79 Å². The molecular formula is C19H21ClN4O2. The van der Waals surface area contributed by atoms with Crippen molar-refractivity contribution >= 4 is 17.5 Å². The van der Waals surface area contributed by atoms with Crippen LogP contribution in [0.25, 0.3) is 0 Å². The third kappa shape index (κ3) is 6.01. The van der Waals surface area contributed by atoms with Gasteiger partial charge in [0.1, 0.15) is 11.8 Å². The summed E-state index contributed by atoms with van der Waals surface area (Å²) in [5.74, 6) is -0.0246. The van der Waals surface area contributed by atoms with Crippen molar-refractivity contribution < 1.29 is 9.90 Å². The SMILES string of the molecule is Cc1ccc(C(=O)NC2CCCCC2)nn1.N#Cc1ccc(O)cc1Cl. The van der Waals surface area contributed by atoms with Crippen molar-refractivity contribution in [3.63, 3.8) is 0 Å². The minimum absolute atomic E-state index is 0.0731. The number of phenolic OH excluding ortho intramolecular Hbond substituents is 1. The Balaban J connectivity index is 0.000000209. The molecule has 0 unspecified atom stereocenters. The van der Waals surface area contributed by atoms with Gasteiger partial charge in [-0.2, -0.15) is 10.4 Å². The highest BCUT2D eigenvalue weighted by Gasteiger charge is 2.17. The van der Waals surface area contributed by atoms with Gasteiger partial charge in [0.05, 0.1) is 16.3 Å². The van der Waals surface area contributed by atoms with E-state index in [0.717, 1.165) is 18.5 Å². The molecule has 0 spiro atoms. The zero-order valence-electron chi connectivity index (χ0n) is 14.6. The minimum Gasteiger partial charge on any atom is -0.508 e. The van der Waals surface area contributed by atoms with Crippen molar-refractivity contribution in [2.45, 2.75) is 45.1 Å². The van der Waals surface area contributed by atoms with Crippen LogP contribution >= 0.6 is 11.6 Å². The van der Waals surface area contributed by atoms with Crippen molar-refractivity contribution in [3.05, 3.63) is 52.3 Å². The second-order valence-corrected chi connectivity index (χ2v) is 6.55. The standard InChI is InChI=1S/C12H17N3O.C7H4ClNO/c1-9-7-8-11(15-14-9)12(16)13-10-5-3-2-4-6-10;8-7-3-6(10)2-1-5(7)4-9/h7-8,10H,2-6H2,1H3,(H,13,16);1-3,10H. The van der Waals surface area contributed by atoms with Gasteiger partial charge in [-0.05, 0) is 50.1 Å². The van der Waals surface area contributed by atoms with E-state index in [9.17, 15) is 4.79 Å². The van der Waals surface area contributed by atoms with Crippen molar-refractivity contribution in [3.8, 4) is 11.8 Å². The number of hydrogen-bond donors (Lipinski definition) is 2. The maximum Gasteiger partial charge on any atom is 0.272 e. The number of nitrogens with one attached hydrogen (secondary N) is 1. The van der Waals surface area contributed by atoms with Gasteiger partial charge in [0, 0.05) is 6.04 Å². The Kier molecular flexibility index (Phi) is 7.37. The fourth-order valence-corrected chi connectivity index (χ4v) is 2.84. The van der Waals surface area contributed by atoms with E-state index in [2.05, 4.69) is 15.5 Å². The molecule has 1 aromatic carbocycles. The van der Waals surface area contributed by atoms with Crippen molar-refractivity contribution in [1.82, 2.24) is 15.5 Å². The Bertz CT molecular complexity index is 781. The number of hydrogen-bond acceptors (Lipinski definition) is 5. The highest BCUT2D eigenvalue weighted by Crippen LogP contribution is 2.20. The number of amides is 1. The lowest BCUT2D eigenvalue weighted by molar-refractivity contribution is 0.0921. The Morgan fingerprint density at radius 2 is 1.96 bits per heavy atom. The number of aromatic hydroxyl groups is 1. The highest BCUT2D eigenvalue weighted by molar-refractivity contribution is 6.31. The van der Waals surface area contributed by atoms with Gasteiger partial charge in [-0.15, -0.1) is 5.10 Å². The summed E-state index contributed by atoms with van der Waals surface area (Å²) in [5, 5.41) is 28.3. The molecular weight excluding hydrogens is 352 g/mol.